The first-order valence-electron chi connectivity index (χ1n) is 7.16. The van der Waals surface area contributed by atoms with Crippen LogP contribution in [0.3, 0.4) is 0 Å². The quantitative estimate of drug-likeness (QED) is 0.771. The van der Waals surface area contributed by atoms with Crippen molar-refractivity contribution in [3.63, 3.8) is 0 Å². The van der Waals surface area contributed by atoms with Crippen LogP contribution in [-0.4, -0.2) is 21.2 Å². The molecule has 0 aliphatic rings. The molecule has 0 saturated heterocycles. The largest absolute Gasteiger partial charge is 0.366 e. The molecule has 3 N–H and O–H groups in total. The monoisotopic (exact) mass is 308 g/mol. The molecule has 0 bridgehead atoms. The number of fused-ring (bicyclic) bond motifs is 1. The highest BCUT2D eigenvalue weighted by Crippen LogP contribution is 2.19. The fourth-order valence-electron chi connectivity index (χ4n) is 2.53. The number of rotatable bonds is 4. The molecule has 0 radical (unpaired) electrons. The molecule has 2 heterocycles. The summed E-state index contributed by atoms with van der Waals surface area (Å²) in [6, 6.07) is 10.9. The third-order valence-electron chi connectivity index (χ3n) is 3.55. The van der Waals surface area contributed by atoms with E-state index in [2.05, 4.69) is 10.3 Å². The molecule has 1 aromatic carbocycles. The Morgan fingerprint density at radius 1 is 1.22 bits per heavy atom. The van der Waals surface area contributed by atoms with Gasteiger partial charge in [-0.05, 0) is 30.7 Å². The Balaban J connectivity index is 1.80. The molecule has 0 atom stereocenters. The number of anilines is 1. The Morgan fingerprint density at radius 2 is 2.04 bits per heavy atom. The average Bonchev–Trinajstić information content (AvgIpc) is 2.88. The standard InChI is InChI=1S/C17H16N4O2/c1-11-5-4-6-13(16(11)17(18)23)20-15(22)9-12-10-21-8-3-2-7-14(21)19-12/h2-8,10H,9H2,1H3,(H2,18,23)(H,20,22). The molecule has 2 aromatic heterocycles. The molecule has 0 fully saturated rings. The van der Waals surface area contributed by atoms with Crippen molar-refractivity contribution in [3.05, 3.63) is 65.6 Å². The van der Waals surface area contributed by atoms with E-state index in [9.17, 15) is 9.59 Å². The molecule has 6 nitrogen and oxygen atoms in total. The van der Waals surface area contributed by atoms with E-state index < -0.39 is 5.91 Å². The second kappa shape index (κ2) is 5.92. The summed E-state index contributed by atoms with van der Waals surface area (Å²) in [5, 5.41) is 2.74. The van der Waals surface area contributed by atoms with Crippen LogP contribution in [0.15, 0.2) is 48.8 Å². The molecule has 0 spiro atoms. The van der Waals surface area contributed by atoms with Gasteiger partial charge in [0.05, 0.1) is 23.4 Å². The number of nitrogens with two attached hydrogens (primary N) is 1. The Labute approximate surface area is 132 Å². The highest BCUT2D eigenvalue weighted by atomic mass is 16.2. The van der Waals surface area contributed by atoms with E-state index >= 15 is 0 Å². The molecule has 3 rings (SSSR count). The first-order chi connectivity index (χ1) is 11.0. The Hall–Kier alpha value is -3.15. The number of nitrogens with one attached hydrogen (secondary N) is 1. The Morgan fingerprint density at radius 3 is 2.78 bits per heavy atom. The van der Waals surface area contributed by atoms with E-state index in [1.807, 2.05) is 28.8 Å². The maximum Gasteiger partial charge on any atom is 0.251 e. The van der Waals surface area contributed by atoms with E-state index in [1.165, 1.54) is 0 Å². The van der Waals surface area contributed by atoms with Gasteiger partial charge < -0.3 is 15.5 Å². The highest BCUT2D eigenvalue weighted by molar-refractivity contribution is 6.04. The van der Waals surface area contributed by atoms with Crippen LogP contribution in [0.2, 0.25) is 0 Å². The molecule has 0 saturated carbocycles. The van der Waals surface area contributed by atoms with Gasteiger partial charge in [0.25, 0.3) is 5.91 Å². The summed E-state index contributed by atoms with van der Waals surface area (Å²) in [4.78, 5) is 28.2. The summed E-state index contributed by atoms with van der Waals surface area (Å²) in [5.41, 5.74) is 8.30. The fourth-order valence-corrected chi connectivity index (χ4v) is 2.53. The Bertz CT molecular complexity index is 865. The summed E-state index contributed by atoms with van der Waals surface area (Å²) in [5.74, 6) is -0.812. The number of primary amides is 1. The topological polar surface area (TPSA) is 89.5 Å². The SMILES string of the molecule is Cc1cccc(NC(=O)Cc2cn3ccccc3n2)c1C(N)=O. The van der Waals surface area contributed by atoms with Gasteiger partial charge in [-0.2, -0.15) is 0 Å². The van der Waals surface area contributed by atoms with Crippen LogP contribution >= 0.6 is 0 Å². The van der Waals surface area contributed by atoms with Crippen LogP contribution in [0.5, 0.6) is 0 Å². The van der Waals surface area contributed by atoms with Crippen LogP contribution in [0.1, 0.15) is 21.6 Å². The van der Waals surface area contributed by atoms with Crippen LogP contribution < -0.4 is 11.1 Å². The lowest BCUT2D eigenvalue weighted by Crippen LogP contribution is -2.20. The van der Waals surface area contributed by atoms with E-state index in [0.717, 1.165) is 11.2 Å². The first-order valence-corrected chi connectivity index (χ1v) is 7.16. The number of hydrogen-bond acceptors (Lipinski definition) is 3. The number of benzene rings is 1. The number of imidazole rings is 1. The summed E-state index contributed by atoms with van der Waals surface area (Å²) >= 11 is 0. The molecular weight excluding hydrogens is 292 g/mol. The lowest BCUT2D eigenvalue weighted by molar-refractivity contribution is -0.115. The number of aryl methyl sites for hydroxylation is 1. The zero-order valence-corrected chi connectivity index (χ0v) is 12.6. The van der Waals surface area contributed by atoms with Crippen molar-refractivity contribution in [1.29, 1.82) is 0 Å². The van der Waals surface area contributed by atoms with Crippen molar-refractivity contribution in [2.45, 2.75) is 13.3 Å². The summed E-state index contributed by atoms with van der Waals surface area (Å²) in [6.45, 7) is 1.78. The lowest BCUT2D eigenvalue weighted by Gasteiger charge is -2.10. The van der Waals surface area contributed by atoms with Crippen LogP contribution in [0, 0.1) is 6.92 Å². The molecule has 6 heteroatoms. The van der Waals surface area contributed by atoms with Crippen molar-refractivity contribution in [2.75, 3.05) is 5.32 Å². The van der Waals surface area contributed by atoms with Gasteiger partial charge in [-0.25, -0.2) is 4.98 Å². The summed E-state index contributed by atoms with van der Waals surface area (Å²) in [6.07, 6.45) is 3.80. The van der Waals surface area contributed by atoms with Crippen LogP contribution in [0.4, 0.5) is 5.69 Å². The van der Waals surface area contributed by atoms with Crippen LogP contribution in [0.25, 0.3) is 5.65 Å². The van der Waals surface area contributed by atoms with Crippen molar-refractivity contribution in [3.8, 4) is 0 Å². The van der Waals surface area contributed by atoms with E-state index in [4.69, 9.17) is 5.73 Å². The minimum absolute atomic E-state index is 0.119. The number of carbonyl (C=O) groups is 2. The van der Waals surface area contributed by atoms with Gasteiger partial charge in [0, 0.05) is 12.4 Å². The first kappa shape index (κ1) is 14.8. The van der Waals surface area contributed by atoms with Crippen molar-refractivity contribution < 1.29 is 9.59 Å². The second-order valence-corrected chi connectivity index (χ2v) is 5.29. The highest BCUT2D eigenvalue weighted by Gasteiger charge is 2.14. The van der Waals surface area contributed by atoms with Gasteiger partial charge in [0.15, 0.2) is 0 Å². The number of pyridine rings is 1. The maximum atomic E-state index is 12.2. The lowest BCUT2D eigenvalue weighted by atomic mass is 10.1. The fraction of sp³-hybridized carbons (Fsp3) is 0.118. The maximum absolute atomic E-state index is 12.2. The third-order valence-corrected chi connectivity index (χ3v) is 3.55. The number of amides is 2. The van der Waals surface area contributed by atoms with Gasteiger partial charge in [0.2, 0.25) is 5.91 Å². The zero-order chi connectivity index (χ0) is 16.4. The number of hydrogen-bond donors (Lipinski definition) is 2. The molecule has 116 valence electrons. The predicted molar refractivity (Wildman–Crippen MR) is 87.2 cm³/mol. The van der Waals surface area contributed by atoms with Gasteiger partial charge >= 0.3 is 0 Å². The molecule has 0 unspecified atom stereocenters. The zero-order valence-electron chi connectivity index (χ0n) is 12.6. The van der Waals surface area contributed by atoms with Crippen molar-refractivity contribution in [1.82, 2.24) is 9.38 Å². The molecule has 23 heavy (non-hydrogen) atoms. The minimum Gasteiger partial charge on any atom is -0.366 e. The third kappa shape index (κ3) is 3.06. The number of aromatic nitrogens is 2. The molecule has 0 aliphatic carbocycles. The number of nitrogens with zero attached hydrogens (tertiary/aromatic N) is 2. The molecule has 3 aromatic rings. The van der Waals surface area contributed by atoms with Crippen LogP contribution in [-0.2, 0) is 11.2 Å². The van der Waals surface area contributed by atoms with Crippen molar-refractivity contribution >= 4 is 23.1 Å². The second-order valence-electron chi connectivity index (χ2n) is 5.29. The molecule has 2 amide bonds. The van der Waals surface area contributed by atoms with E-state index in [0.29, 0.717) is 16.9 Å². The average molecular weight is 308 g/mol. The van der Waals surface area contributed by atoms with E-state index in [-0.39, 0.29) is 12.3 Å². The smallest absolute Gasteiger partial charge is 0.251 e. The van der Waals surface area contributed by atoms with Crippen molar-refractivity contribution in [2.24, 2.45) is 5.73 Å². The van der Waals surface area contributed by atoms with E-state index in [1.54, 1.807) is 31.3 Å². The summed E-state index contributed by atoms with van der Waals surface area (Å²) < 4.78 is 1.85. The predicted octanol–water partition coefficient (Wildman–Crippen LogP) is 1.92. The molecular formula is C17H16N4O2. The summed E-state index contributed by atoms with van der Waals surface area (Å²) in [7, 11) is 0. The van der Waals surface area contributed by atoms with Gasteiger partial charge in [0.1, 0.15) is 5.65 Å². The number of carbonyl (C=O) groups excluding carboxylic acids is 2. The Kier molecular flexibility index (Phi) is 3.80. The minimum atomic E-state index is -0.564. The van der Waals surface area contributed by atoms with Gasteiger partial charge in [-0.1, -0.05) is 18.2 Å². The van der Waals surface area contributed by atoms with Gasteiger partial charge in [-0.3, -0.25) is 9.59 Å². The van der Waals surface area contributed by atoms with Gasteiger partial charge in [-0.15, -0.1) is 0 Å². The molecule has 0 aliphatic heterocycles. The normalized spacial score (nSPS) is 10.7.